The lowest BCUT2D eigenvalue weighted by Gasteiger charge is -2.45. The molecule has 0 aromatic heterocycles. The highest BCUT2D eigenvalue weighted by atomic mass is 32.2. The molecule has 3 aliphatic heterocycles. The highest BCUT2D eigenvalue weighted by molar-refractivity contribution is 7.99. The summed E-state index contributed by atoms with van der Waals surface area (Å²) >= 11 is 1.98. The van der Waals surface area contributed by atoms with Crippen molar-refractivity contribution in [3.63, 3.8) is 0 Å². The molecule has 0 aromatic carbocycles. The molecule has 0 bridgehead atoms. The molecule has 3 unspecified atom stereocenters. The summed E-state index contributed by atoms with van der Waals surface area (Å²) in [7, 11) is -2.91. The standard InChI is InChI=1S/C14H24O4S2/c15-13(12-2-8-20(16,17)10-12)11-1-5-18-14(9-11)3-6-19-7-4-14/h11-13,15H,1-10H2. The number of hydrogen-bond donors (Lipinski definition) is 1. The first-order valence-electron chi connectivity index (χ1n) is 7.60. The van der Waals surface area contributed by atoms with E-state index in [1.165, 1.54) is 0 Å². The number of aliphatic hydroxyl groups excluding tert-OH is 1. The molecule has 4 nitrogen and oxygen atoms in total. The molecule has 0 aliphatic carbocycles. The van der Waals surface area contributed by atoms with Crippen molar-refractivity contribution in [2.45, 2.75) is 43.8 Å². The Balaban J connectivity index is 1.64. The summed E-state index contributed by atoms with van der Waals surface area (Å²) in [5, 5.41) is 10.6. The maximum Gasteiger partial charge on any atom is 0.150 e. The van der Waals surface area contributed by atoms with Crippen molar-refractivity contribution in [1.29, 1.82) is 0 Å². The number of hydrogen-bond acceptors (Lipinski definition) is 5. The van der Waals surface area contributed by atoms with Crippen LogP contribution in [0, 0.1) is 11.8 Å². The molecular weight excluding hydrogens is 296 g/mol. The summed E-state index contributed by atoms with van der Waals surface area (Å²) in [6, 6.07) is 0. The Hall–Kier alpha value is 0.220. The Kier molecular flexibility index (Phi) is 4.37. The molecule has 1 N–H and O–H groups in total. The fourth-order valence-corrected chi connectivity index (χ4v) is 7.01. The predicted molar refractivity (Wildman–Crippen MR) is 80.7 cm³/mol. The van der Waals surface area contributed by atoms with E-state index >= 15 is 0 Å². The van der Waals surface area contributed by atoms with Gasteiger partial charge in [-0.1, -0.05) is 0 Å². The quantitative estimate of drug-likeness (QED) is 0.835. The SMILES string of the molecule is O=S1(=O)CCC(C(O)C2CCOC3(CCSCC3)C2)C1. The summed E-state index contributed by atoms with van der Waals surface area (Å²) in [5.74, 6) is 2.86. The van der Waals surface area contributed by atoms with Gasteiger partial charge in [0.2, 0.25) is 0 Å². The van der Waals surface area contributed by atoms with Gasteiger partial charge < -0.3 is 9.84 Å². The van der Waals surface area contributed by atoms with Gasteiger partial charge in [0.1, 0.15) is 0 Å². The number of rotatable bonds is 2. The van der Waals surface area contributed by atoms with Crippen LogP contribution in [0.5, 0.6) is 0 Å². The molecule has 20 heavy (non-hydrogen) atoms. The maximum absolute atomic E-state index is 11.6. The van der Waals surface area contributed by atoms with Crippen LogP contribution in [0.1, 0.15) is 32.1 Å². The highest BCUT2D eigenvalue weighted by Crippen LogP contribution is 2.42. The number of sulfone groups is 1. The van der Waals surface area contributed by atoms with E-state index in [2.05, 4.69) is 0 Å². The van der Waals surface area contributed by atoms with Crippen LogP contribution in [-0.4, -0.2) is 54.8 Å². The Bertz CT molecular complexity index is 437. The average Bonchev–Trinajstić information content (AvgIpc) is 2.79. The van der Waals surface area contributed by atoms with E-state index in [4.69, 9.17) is 4.74 Å². The van der Waals surface area contributed by atoms with Crippen LogP contribution in [-0.2, 0) is 14.6 Å². The van der Waals surface area contributed by atoms with Gasteiger partial charge in [0.05, 0.1) is 23.2 Å². The van der Waals surface area contributed by atoms with E-state index in [1.807, 2.05) is 11.8 Å². The average molecular weight is 320 g/mol. The van der Waals surface area contributed by atoms with Crippen LogP contribution in [0.25, 0.3) is 0 Å². The largest absolute Gasteiger partial charge is 0.393 e. The van der Waals surface area contributed by atoms with Crippen molar-refractivity contribution < 1.29 is 18.3 Å². The lowest BCUT2D eigenvalue weighted by atomic mass is 9.76. The van der Waals surface area contributed by atoms with Crippen LogP contribution >= 0.6 is 11.8 Å². The fourth-order valence-electron chi connectivity index (χ4n) is 3.93. The summed E-state index contributed by atoms with van der Waals surface area (Å²) < 4.78 is 29.2. The summed E-state index contributed by atoms with van der Waals surface area (Å²) in [6.45, 7) is 0.714. The minimum atomic E-state index is -2.91. The molecule has 1 spiro atoms. The van der Waals surface area contributed by atoms with Crippen molar-refractivity contribution in [3.05, 3.63) is 0 Å². The normalized spacial score (nSPS) is 37.9. The zero-order valence-corrected chi connectivity index (χ0v) is 13.4. The molecule has 0 aromatic rings. The second-order valence-corrected chi connectivity index (χ2v) is 10.0. The Morgan fingerprint density at radius 3 is 2.60 bits per heavy atom. The first-order chi connectivity index (χ1) is 9.50. The smallest absolute Gasteiger partial charge is 0.150 e. The van der Waals surface area contributed by atoms with Crippen molar-refractivity contribution >= 4 is 21.6 Å². The fraction of sp³-hybridized carbons (Fsp3) is 1.00. The van der Waals surface area contributed by atoms with Gasteiger partial charge in [-0.3, -0.25) is 0 Å². The zero-order chi connectivity index (χ0) is 14.2. The van der Waals surface area contributed by atoms with E-state index in [-0.39, 0.29) is 28.9 Å². The van der Waals surface area contributed by atoms with Crippen LogP contribution in [0.2, 0.25) is 0 Å². The van der Waals surface area contributed by atoms with Gasteiger partial charge in [-0.05, 0) is 55.4 Å². The Labute approximate surface area is 125 Å². The Morgan fingerprint density at radius 1 is 1.20 bits per heavy atom. The lowest BCUT2D eigenvalue weighted by molar-refractivity contribution is -0.125. The molecule has 3 aliphatic rings. The van der Waals surface area contributed by atoms with Crippen LogP contribution in [0.15, 0.2) is 0 Å². The topological polar surface area (TPSA) is 63.6 Å². The summed E-state index contributed by atoms with van der Waals surface area (Å²) in [4.78, 5) is 0. The molecule has 3 atom stereocenters. The van der Waals surface area contributed by atoms with Crippen molar-refractivity contribution in [1.82, 2.24) is 0 Å². The van der Waals surface area contributed by atoms with E-state index in [9.17, 15) is 13.5 Å². The second-order valence-electron chi connectivity index (χ2n) is 6.55. The van der Waals surface area contributed by atoms with Crippen LogP contribution in [0.3, 0.4) is 0 Å². The third-order valence-corrected chi connectivity index (χ3v) is 7.95. The molecule has 0 saturated carbocycles. The van der Waals surface area contributed by atoms with Crippen molar-refractivity contribution in [2.75, 3.05) is 29.6 Å². The number of ether oxygens (including phenoxy) is 1. The first kappa shape index (κ1) is 15.1. The minimum absolute atomic E-state index is 0.0351. The predicted octanol–water partition coefficient (Wildman–Crippen LogP) is 1.47. The third kappa shape index (κ3) is 3.18. The van der Waals surface area contributed by atoms with Crippen molar-refractivity contribution in [3.8, 4) is 0 Å². The summed E-state index contributed by atoms with van der Waals surface area (Å²) in [6.07, 6.45) is 4.08. The van der Waals surface area contributed by atoms with Gasteiger partial charge in [-0.15, -0.1) is 0 Å². The molecule has 3 rings (SSSR count). The zero-order valence-electron chi connectivity index (χ0n) is 11.8. The highest BCUT2D eigenvalue weighted by Gasteiger charge is 2.44. The minimum Gasteiger partial charge on any atom is -0.393 e. The Morgan fingerprint density at radius 2 is 1.95 bits per heavy atom. The second kappa shape index (κ2) is 5.78. The van der Waals surface area contributed by atoms with Gasteiger partial charge in [0.15, 0.2) is 9.84 Å². The third-order valence-electron chi connectivity index (χ3n) is 5.17. The van der Waals surface area contributed by atoms with Gasteiger partial charge in [-0.25, -0.2) is 8.42 Å². The monoisotopic (exact) mass is 320 g/mol. The molecule has 116 valence electrons. The van der Waals surface area contributed by atoms with Crippen molar-refractivity contribution in [2.24, 2.45) is 11.8 Å². The van der Waals surface area contributed by atoms with Crippen LogP contribution < -0.4 is 0 Å². The molecule has 3 fully saturated rings. The number of thioether (sulfide) groups is 1. The number of aliphatic hydroxyl groups is 1. The van der Waals surface area contributed by atoms with Gasteiger partial charge in [0.25, 0.3) is 0 Å². The van der Waals surface area contributed by atoms with Gasteiger partial charge >= 0.3 is 0 Å². The molecule has 6 heteroatoms. The molecule has 3 saturated heterocycles. The van der Waals surface area contributed by atoms with Gasteiger partial charge in [-0.2, -0.15) is 11.8 Å². The van der Waals surface area contributed by atoms with E-state index in [0.717, 1.165) is 37.2 Å². The molecule has 0 amide bonds. The van der Waals surface area contributed by atoms with Gasteiger partial charge in [0, 0.05) is 6.61 Å². The maximum atomic E-state index is 11.6. The first-order valence-corrected chi connectivity index (χ1v) is 10.6. The van der Waals surface area contributed by atoms with Crippen LogP contribution in [0.4, 0.5) is 0 Å². The molecule has 3 heterocycles. The molecule has 0 radical (unpaired) electrons. The summed E-state index contributed by atoms with van der Waals surface area (Å²) in [5.41, 5.74) is -0.0351. The van der Waals surface area contributed by atoms with E-state index in [0.29, 0.717) is 13.0 Å². The lowest BCUT2D eigenvalue weighted by Crippen LogP contribution is -2.46. The van der Waals surface area contributed by atoms with E-state index in [1.54, 1.807) is 0 Å². The van der Waals surface area contributed by atoms with E-state index < -0.39 is 15.9 Å². The molecular formula is C14H24O4S2.